The molecule has 0 radical (unpaired) electrons. The summed E-state index contributed by atoms with van der Waals surface area (Å²) in [6.45, 7) is 4.51. The van der Waals surface area contributed by atoms with Crippen molar-refractivity contribution in [2.24, 2.45) is 5.73 Å². The minimum Gasteiger partial charge on any atom is -0.392 e. The Labute approximate surface area is 98.6 Å². The molecule has 88 valence electrons. The molecular formula is C11H23N3S. The van der Waals surface area contributed by atoms with Gasteiger partial charge in [0.15, 0.2) is 0 Å². The number of thiocarbonyl (C=S) groups is 1. The van der Waals surface area contributed by atoms with Gasteiger partial charge >= 0.3 is 0 Å². The van der Waals surface area contributed by atoms with Gasteiger partial charge in [-0.25, -0.2) is 0 Å². The predicted octanol–water partition coefficient (Wildman–Crippen LogP) is 1.08. The van der Waals surface area contributed by atoms with Crippen molar-refractivity contribution < 1.29 is 0 Å². The smallest absolute Gasteiger partial charge is 0.0901 e. The van der Waals surface area contributed by atoms with Gasteiger partial charge in [0.1, 0.15) is 0 Å². The van der Waals surface area contributed by atoms with E-state index in [2.05, 4.69) is 30.8 Å². The van der Waals surface area contributed by atoms with Gasteiger partial charge in [-0.3, -0.25) is 4.90 Å². The fraction of sp³-hybridized carbons (Fsp3) is 0.909. The Morgan fingerprint density at radius 1 is 1.53 bits per heavy atom. The highest BCUT2D eigenvalue weighted by molar-refractivity contribution is 7.80. The van der Waals surface area contributed by atoms with Crippen LogP contribution in [0.5, 0.6) is 0 Å². The number of nitrogens with two attached hydrogens (primary N) is 1. The molecule has 0 saturated carbocycles. The zero-order chi connectivity index (χ0) is 11.4. The first kappa shape index (κ1) is 12.9. The number of likely N-dealkylation sites (tertiary alicyclic amines) is 1. The van der Waals surface area contributed by atoms with Gasteiger partial charge in [0.05, 0.1) is 11.0 Å². The molecule has 4 heteroatoms. The quantitative estimate of drug-likeness (QED) is 0.731. The lowest BCUT2D eigenvalue weighted by Crippen LogP contribution is -2.50. The summed E-state index contributed by atoms with van der Waals surface area (Å²) in [6.07, 6.45) is 3.47. The first-order valence-electron chi connectivity index (χ1n) is 5.76. The maximum absolute atomic E-state index is 5.76. The third-order valence-electron chi connectivity index (χ3n) is 3.47. The molecule has 1 rings (SSSR count). The molecule has 1 heterocycles. The van der Waals surface area contributed by atoms with Gasteiger partial charge in [-0.05, 0) is 46.4 Å². The van der Waals surface area contributed by atoms with E-state index in [1.165, 1.54) is 25.9 Å². The molecular weight excluding hydrogens is 206 g/mol. The van der Waals surface area contributed by atoms with E-state index < -0.39 is 0 Å². The van der Waals surface area contributed by atoms with Crippen molar-refractivity contribution in [1.82, 2.24) is 9.80 Å². The molecule has 1 atom stereocenters. The van der Waals surface area contributed by atoms with Gasteiger partial charge < -0.3 is 10.6 Å². The number of hydrogen-bond acceptors (Lipinski definition) is 3. The summed E-state index contributed by atoms with van der Waals surface area (Å²) < 4.78 is 0. The summed E-state index contributed by atoms with van der Waals surface area (Å²) in [5.41, 5.74) is 5.76. The molecule has 0 aromatic rings. The molecule has 0 aromatic heterocycles. The molecule has 0 aliphatic carbocycles. The summed E-state index contributed by atoms with van der Waals surface area (Å²) in [5, 5.41) is 0. The van der Waals surface area contributed by atoms with Crippen LogP contribution in [0.1, 0.15) is 26.2 Å². The van der Waals surface area contributed by atoms with Gasteiger partial charge in [-0.1, -0.05) is 19.1 Å². The molecule has 0 aromatic carbocycles. The van der Waals surface area contributed by atoms with Crippen LogP contribution < -0.4 is 5.73 Å². The topological polar surface area (TPSA) is 32.5 Å². The van der Waals surface area contributed by atoms with E-state index in [-0.39, 0.29) is 6.04 Å². The van der Waals surface area contributed by atoms with E-state index in [0.717, 1.165) is 6.42 Å². The number of hydrogen-bond donors (Lipinski definition) is 1. The zero-order valence-corrected chi connectivity index (χ0v) is 10.9. The van der Waals surface area contributed by atoms with Gasteiger partial charge in [-0.15, -0.1) is 0 Å². The van der Waals surface area contributed by atoms with Crippen LogP contribution in [0.25, 0.3) is 0 Å². The molecule has 1 unspecified atom stereocenters. The van der Waals surface area contributed by atoms with Crippen LogP contribution in [0.3, 0.4) is 0 Å². The van der Waals surface area contributed by atoms with E-state index in [0.29, 0.717) is 11.0 Å². The van der Waals surface area contributed by atoms with Gasteiger partial charge in [0.25, 0.3) is 0 Å². The second kappa shape index (κ2) is 5.77. The summed E-state index contributed by atoms with van der Waals surface area (Å²) in [4.78, 5) is 5.39. The predicted molar refractivity (Wildman–Crippen MR) is 69.1 cm³/mol. The van der Waals surface area contributed by atoms with Gasteiger partial charge in [-0.2, -0.15) is 0 Å². The minimum absolute atomic E-state index is 0.272. The number of nitrogens with zero attached hydrogens (tertiary/aromatic N) is 2. The van der Waals surface area contributed by atoms with E-state index in [9.17, 15) is 0 Å². The highest BCUT2D eigenvalue weighted by atomic mass is 32.1. The average molecular weight is 229 g/mol. The molecule has 0 spiro atoms. The monoisotopic (exact) mass is 229 g/mol. The summed E-state index contributed by atoms with van der Waals surface area (Å²) in [6, 6.07) is 0.918. The highest BCUT2D eigenvalue weighted by Crippen LogP contribution is 2.17. The van der Waals surface area contributed by atoms with E-state index in [1.54, 1.807) is 0 Å². The second-order valence-corrected chi connectivity index (χ2v) is 5.00. The average Bonchev–Trinajstić information content (AvgIpc) is 2.19. The zero-order valence-electron chi connectivity index (χ0n) is 10.1. The first-order valence-corrected chi connectivity index (χ1v) is 6.16. The second-order valence-electron chi connectivity index (χ2n) is 4.53. The van der Waals surface area contributed by atoms with Crippen molar-refractivity contribution in [3.05, 3.63) is 0 Å². The highest BCUT2D eigenvalue weighted by Gasteiger charge is 2.26. The third-order valence-corrected chi connectivity index (χ3v) is 3.74. The lowest BCUT2D eigenvalue weighted by atomic mass is 10.0. The molecule has 15 heavy (non-hydrogen) atoms. The normalized spacial score (nSPS) is 21.9. The Hall–Kier alpha value is -0.190. The Bertz CT molecular complexity index is 212. The van der Waals surface area contributed by atoms with Crippen molar-refractivity contribution in [3.63, 3.8) is 0 Å². The Morgan fingerprint density at radius 2 is 2.07 bits per heavy atom. The molecule has 2 N–H and O–H groups in total. The third kappa shape index (κ3) is 3.40. The molecule has 1 aliphatic heterocycles. The summed E-state index contributed by atoms with van der Waals surface area (Å²) in [7, 11) is 4.34. The fourth-order valence-corrected chi connectivity index (χ4v) is 2.68. The van der Waals surface area contributed by atoms with Crippen molar-refractivity contribution in [1.29, 1.82) is 0 Å². The number of likely N-dealkylation sites (N-methyl/N-ethyl adjacent to an activating group) is 1. The van der Waals surface area contributed by atoms with Gasteiger partial charge in [0.2, 0.25) is 0 Å². The molecule has 0 amide bonds. The molecule has 3 nitrogen and oxygen atoms in total. The molecule has 1 aliphatic rings. The number of rotatable bonds is 4. The lowest BCUT2D eigenvalue weighted by molar-refractivity contribution is 0.128. The van der Waals surface area contributed by atoms with Crippen molar-refractivity contribution in [2.75, 3.05) is 27.2 Å². The van der Waals surface area contributed by atoms with E-state index >= 15 is 0 Å². The largest absolute Gasteiger partial charge is 0.392 e. The molecule has 1 saturated heterocycles. The van der Waals surface area contributed by atoms with Crippen LogP contribution in [0, 0.1) is 0 Å². The van der Waals surface area contributed by atoms with Crippen LogP contribution in [-0.2, 0) is 0 Å². The van der Waals surface area contributed by atoms with Gasteiger partial charge in [0, 0.05) is 6.04 Å². The van der Waals surface area contributed by atoms with Crippen molar-refractivity contribution in [3.8, 4) is 0 Å². The van der Waals surface area contributed by atoms with Crippen LogP contribution in [0.4, 0.5) is 0 Å². The summed E-state index contributed by atoms with van der Waals surface area (Å²) in [5.74, 6) is 0. The van der Waals surface area contributed by atoms with E-state index in [1.807, 2.05) is 0 Å². The standard InChI is InChI=1S/C11H23N3S/c1-4-10(11(12)15)14(3)9-5-7-13(2)8-6-9/h9-10H,4-8H2,1-3H3,(H2,12,15). The lowest BCUT2D eigenvalue weighted by Gasteiger charge is -2.38. The Balaban J connectivity index is 2.51. The number of piperidine rings is 1. The first-order chi connectivity index (χ1) is 7.06. The van der Waals surface area contributed by atoms with Crippen molar-refractivity contribution >= 4 is 17.2 Å². The Morgan fingerprint density at radius 3 is 2.47 bits per heavy atom. The van der Waals surface area contributed by atoms with Crippen LogP contribution in [0.15, 0.2) is 0 Å². The van der Waals surface area contributed by atoms with Crippen LogP contribution in [0.2, 0.25) is 0 Å². The van der Waals surface area contributed by atoms with Crippen LogP contribution in [-0.4, -0.2) is 54.1 Å². The molecule has 0 bridgehead atoms. The maximum atomic E-state index is 5.76. The van der Waals surface area contributed by atoms with E-state index in [4.69, 9.17) is 18.0 Å². The Kier molecular flexibility index (Phi) is 4.96. The van der Waals surface area contributed by atoms with Crippen LogP contribution >= 0.6 is 12.2 Å². The minimum atomic E-state index is 0.272. The van der Waals surface area contributed by atoms with Crippen molar-refractivity contribution in [2.45, 2.75) is 38.3 Å². The fourth-order valence-electron chi connectivity index (χ4n) is 2.35. The summed E-state index contributed by atoms with van der Waals surface area (Å²) >= 11 is 5.11. The maximum Gasteiger partial charge on any atom is 0.0901 e. The SMILES string of the molecule is CCC(C(N)=S)N(C)C1CCN(C)CC1. The molecule has 1 fully saturated rings.